The highest BCUT2D eigenvalue weighted by Gasteiger charge is 2.16. The van der Waals surface area contributed by atoms with Crippen LogP contribution in [0.3, 0.4) is 0 Å². The molecule has 2 heterocycles. The van der Waals surface area contributed by atoms with E-state index in [-0.39, 0.29) is 4.34 Å². The molecule has 0 bridgehead atoms. The zero-order chi connectivity index (χ0) is 14.3. The van der Waals surface area contributed by atoms with Crippen LogP contribution >= 0.6 is 34.5 Å². The van der Waals surface area contributed by atoms with Gasteiger partial charge in [-0.05, 0) is 24.3 Å². The number of nitrogens with zero attached hydrogens (tertiary/aromatic N) is 4. The highest BCUT2D eigenvalue weighted by molar-refractivity contribution is 7.91. The van der Waals surface area contributed by atoms with Gasteiger partial charge in [0.2, 0.25) is 14.1 Å². The first kappa shape index (κ1) is 13.6. The second-order valence-corrected chi connectivity index (χ2v) is 7.52. The largest absolute Gasteiger partial charge is 0.267 e. The molecule has 1 aromatic carbocycles. The number of aromatic nitrogens is 3. The van der Waals surface area contributed by atoms with Crippen molar-refractivity contribution in [2.45, 2.75) is 4.34 Å². The fraction of sp³-hybridized carbons (Fsp3) is 0. The van der Waals surface area contributed by atoms with E-state index in [0.29, 0.717) is 20.5 Å². The molecule has 2 N–H and O–H groups in total. The molecule has 7 nitrogen and oxygen atoms in total. The van der Waals surface area contributed by atoms with Crippen LogP contribution in [0.1, 0.15) is 0 Å². The molecule has 0 saturated carbocycles. The lowest BCUT2D eigenvalue weighted by Gasteiger charge is -1.91. The Morgan fingerprint density at radius 3 is 2.65 bits per heavy atom. The fourth-order valence-electron chi connectivity index (χ4n) is 1.38. The molecule has 2 aromatic heterocycles. The van der Waals surface area contributed by atoms with Gasteiger partial charge < -0.3 is 0 Å². The van der Waals surface area contributed by atoms with Crippen LogP contribution < -0.4 is 9.94 Å². The van der Waals surface area contributed by atoms with Crippen molar-refractivity contribution in [3.63, 3.8) is 0 Å². The normalized spacial score (nSPS) is 13.2. The monoisotopic (exact) mass is 347 g/mol. The van der Waals surface area contributed by atoms with E-state index >= 15 is 0 Å². The molecule has 0 fully saturated rings. The maximum atomic E-state index is 11.3. The van der Waals surface area contributed by atoms with Gasteiger partial charge in [0, 0.05) is 16.6 Å². The third-order valence-corrected chi connectivity index (χ3v) is 5.50. The number of benzene rings is 1. The van der Waals surface area contributed by atoms with E-state index in [1.54, 1.807) is 24.3 Å². The molecule has 0 aliphatic heterocycles. The Morgan fingerprint density at radius 1 is 1.30 bits per heavy atom. The van der Waals surface area contributed by atoms with Crippen molar-refractivity contribution in [2.75, 3.05) is 0 Å². The minimum Gasteiger partial charge on any atom is -0.223 e. The van der Waals surface area contributed by atoms with E-state index < -0.39 is 10.0 Å². The topological polar surface area (TPSA) is 103 Å². The van der Waals surface area contributed by atoms with Gasteiger partial charge in [0.1, 0.15) is 0 Å². The summed E-state index contributed by atoms with van der Waals surface area (Å²) < 4.78 is 27.7. The third kappa shape index (κ3) is 2.60. The second-order valence-electron chi connectivity index (χ2n) is 3.66. The quantitative estimate of drug-likeness (QED) is 0.756. The smallest absolute Gasteiger partial charge is 0.223 e. The molecule has 0 amide bonds. The Balaban J connectivity index is 2.17. The molecule has 3 aromatic rings. The average molecular weight is 348 g/mol. The van der Waals surface area contributed by atoms with Crippen molar-refractivity contribution in [1.82, 2.24) is 14.0 Å². The lowest BCUT2D eigenvalue weighted by molar-refractivity contribution is 0.594. The second kappa shape index (κ2) is 4.90. The van der Waals surface area contributed by atoms with E-state index in [1.165, 1.54) is 4.52 Å². The predicted molar refractivity (Wildman–Crippen MR) is 76.8 cm³/mol. The summed E-state index contributed by atoms with van der Waals surface area (Å²) in [6, 6.07) is 6.89. The first-order valence-electron chi connectivity index (χ1n) is 5.12. The number of fused-ring (bicyclic) bond motifs is 1. The van der Waals surface area contributed by atoms with Crippen LogP contribution in [0.25, 0.3) is 4.96 Å². The van der Waals surface area contributed by atoms with E-state index in [1.807, 2.05) is 0 Å². The third-order valence-electron chi connectivity index (χ3n) is 2.22. The molecule has 0 spiro atoms. The molecule has 0 atom stereocenters. The number of sulfonamides is 1. The Bertz CT molecular complexity index is 938. The summed E-state index contributed by atoms with van der Waals surface area (Å²) in [6.45, 7) is 0. The van der Waals surface area contributed by atoms with Crippen molar-refractivity contribution in [1.29, 1.82) is 0 Å². The van der Waals surface area contributed by atoms with Gasteiger partial charge in [-0.1, -0.05) is 22.9 Å². The minimum absolute atomic E-state index is 0.194. The van der Waals surface area contributed by atoms with Gasteiger partial charge in [-0.15, -0.1) is 5.10 Å². The minimum atomic E-state index is -3.84. The number of rotatable bonds is 2. The van der Waals surface area contributed by atoms with Gasteiger partial charge in [-0.2, -0.15) is 8.89 Å². The highest BCUT2D eigenvalue weighted by atomic mass is 35.5. The van der Waals surface area contributed by atoms with Crippen molar-refractivity contribution in [2.24, 2.45) is 10.1 Å². The molecule has 0 aliphatic carbocycles. The number of hydrogen-bond acceptors (Lipinski definition) is 7. The molecule has 3 rings (SSSR count). The summed E-state index contributed by atoms with van der Waals surface area (Å²) in [5, 5.41) is 9.55. The van der Waals surface area contributed by atoms with Crippen molar-refractivity contribution in [3.05, 3.63) is 34.1 Å². The average Bonchev–Trinajstić information content (AvgIpc) is 2.93. The number of halogens is 1. The molecule has 0 radical (unpaired) electrons. The van der Waals surface area contributed by atoms with Crippen molar-refractivity contribution >= 4 is 55.1 Å². The zero-order valence-electron chi connectivity index (χ0n) is 9.59. The van der Waals surface area contributed by atoms with Gasteiger partial charge in [0.15, 0.2) is 0 Å². The van der Waals surface area contributed by atoms with Gasteiger partial charge in [-0.3, -0.25) is 0 Å². The molecule has 0 aliphatic rings. The van der Waals surface area contributed by atoms with Crippen LogP contribution in [0, 0.1) is 0 Å². The summed E-state index contributed by atoms with van der Waals surface area (Å²) >= 11 is 7.80. The van der Waals surface area contributed by atoms with Crippen LogP contribution in [0.4, 0.5) is 5.69 Å². The van der Waals surface area contributed by atoms with Crippen molar-refractivity contribution in [3.8, 4) is 0 Å². The van der Waals surface area contributed by atoms with Crippen LogP contribution in [-0.2, 0) is 10.0 Å². The lowest BCUT2D eigenvalue weighted by Crippen LogP contribution is -2.14. The van der Waals surface area contributed by atoms with Gasteiger partial charge in [0.05, 0.1) is 5.69 Å². The van der Waals surface area contributed by atoms with Crippen molar-refractivity contribution < 1.29 is 8.42 Å². The maximum Gasteiger partial charge on any atom is 0.267 e. The van der Waals surface area contributed by atoms with E-state index in [9.17, 15) is 8.42 Å². The van der Waals surface area contributed by atoms with Crippen LogP contribution in [0.2, 0.25) is 5.02 Å². The summed E-state index contributed by atoms with van der Waals surface area (Å²) in [5.74, 6) is 0. The molecule has 0 unspecified atom stereocenters. The Kier molecular flexibility index (Phi) is 3.34. The zero-order valence-corrected chi connectivity index (χ0v) is 12.8. The number of primary sulfonamides is 1. The first-order chi connectivity index (χ1) is 9.43. The first-order valence-corrected chi connectivity index (χ1v) is 8.63. The standard InChI is InChI=1S/C9H6ClN5O2S3/c10-5-1-3-6(4-2-5)12-7-15-8(14-19-7)18-9(13-15)20(11,16)17/h1-4H,(H2,11,16,17). The molecular weight excluding hydrogens is 342 g/mol. The van der Waals surface area contributed by atoms with E-state index in [4.69, 9.17) is 16.7 Å². The van der Waals surface area contributed by atoms with Crippen LogP contribution in [0.5, 0.6) is 0 Å². The summed E-state index contributed by atoms with van der Waals surface area (Å²) in [7, 11) is -3.84. The maximum absolute atomic E-state index is 11.3. The molecular formula is C9H6ClN5O2S3. The van der Waals surface area contributed by atoms with Crippen LogP contribution in [-0.4, -0.2) is 22.4 Å². The molecule has 0 saturated heterocycles. The van der Waals surface area contributed by atoms with Crippen LogP contribution in [0.15, 0.2) is 33.6 Å². The fourth-order valence-corrected chi connectivity index (χ4v) is 3.78. The number of hydrogen-bond donors (Lipinski definition) is 1. The predicted octanol–water partition coefficient (Wildman–Crippen LogP) is 1.39. The molecule has 11 heteroatoms. The summed E-state index contributed by atoms with van der Waals surface area (Å²) in [6.07, 6.45) is 0. The Hall–Kier alpha value is -1.33. The van der Waals surface area contributed by atoms with Gasteiger partial charge in [-0.25, -0.2) is 18.5 Å². The summed E-state index contributed by atoms with van der Waals surface area (Å²) in [5.41, 5.74) is 0.664. The number of nitrogens with two attached hydrogens (primary N) is 1. The lowest BCUT2D eigenvalue weighted by atomic mass is 10.3. The Morgan fingerprint density at radius 2 is 2.00 bits per heavy atom. The highest BCUT2D eigenvalue weighted by Crippen LogP contribution is 2.18. The SMILES string of the molecule is NS(=O)(=O)c1nn2c(=Nc3ccc(Cl)cc3)snc2s1. The Labute approximate surface area is 126 Å². The molecule has 104 valence electrons. The van der Waals surface area contributed by atoms with E-state index in [0.717, 1.165) is 22.9 Å². The molecule has 20 heavy (non-hydrogen) atoms. The summed E-state index contributed by atoms with van der Waals surface area (Å²) in [4.78, 5) is 5.21. The van der Waals surface area contributed by atoms with E-state index in [2.05, 4.69) is 14.5 Å². The van der Waals surface area contributed by atoms with Gasteiger partial charge >= 0.3 is 0 Å². The van der Waals surface area contributed by atoms with Gasteiger partial charge in [0.25, 0.3) is 10.0 Å².